The Hall–Kier alpha value is -9.10. The van der Waals surface area contributed by atoms with Crippen LogP contribution in [0.3, 0.4) is 0 Å². The van der Waals surface area contributed by atoms with Crippen molar-refractivity contribution in [1.29, 1.82) is 0 Å². The Morgan fingerprint density at radius 2 is 0.343 bits per heavy atom. The maximum absolute atomic E-state index is 2.44. The first kappa shape index (κ1) is 38.9. The number of fused-ring (bicyclic) bond motifs is 18. The summed E-state index contributed by atoms with van der Waals surface area (Å²) in [4.78, 5) is 0. The van der Waals surface area contributed by atoms with Gasteiger partial charge in [0.1, 0.15) is 0 Å². The Morgan fingerprint density at radius 3 is 0.643 bits per heavy atom. The first-order valence-corrected chi connectivity index (χ1v) is 24.4. The van der Waals surface area contributed by atoms with Gasteiger partial charge < -0.3 is 0 Å². The lowest BCUT2D eigenvalue weighted by molar-refractivity contribution is 1.63. The molecule has 0 fully saturated rings. The van der Waals surface area contributed by atoms with E-state index in [0.717, 1.165) is 0 Å². The molecule has 0 amide bonds. The Balaban J connectivity index is 0.879. The molecule has 0 bridgehead atoms. The molecule has 0 spiro atoms. The van der Waals surface area contributed by atoms with E-state index in [-0.39, 0.29) is 0 Å². The van der Waals surface area contributed by atoms with Crippen molar-refractivity contribution < 1.29 is 0 Å². The summed E-state index contributed by atoms with van der Waals surface area (Å²) < 4.78 is 0. The first-order chi connectivity index (χ1) is 34.8. The molecule has 15 aromatic rings. The zero-order valence-corrected chi connectivity index (χ0v) is 38.2. The highest BCUT2D eigenvalue weighted by Gasteiger charge is 2.20. The van der Waals surface area contributed by atoms with Gasteiger partial charge in [-0.1, -0.05) is 243 Å². The highest BCUT2D eigenvalue weighted by atomic mass is 14.2. The van der Waals surface area contributed by atoms with Gasteiger partial charge in [-0.15, -0.1) is 0 Å². The largest absolute Gasteiger partial charge is 0.0616 e. The molecule has 322 valence electrons. The predicted molar refractivity (Wildman–Crippen MR) is 303 cm³/mol. The number of benzene rings is 15. The molecule has 15 rings (SSSR count). The molecule has 0 unspecified atom stereocenters. The van der Waals surface area contributed by atoms with Crippen LogP contribution in [0.25, 0.3) is 152 Å². The quantitative estimate of drug-likeness (QED) is 0.122. The van der Waals surface area contributed by atoms with Crippen LogP contribution in [-0.4, -0.2) is 0 Å². The molecule has 0 saturated heterocycles. The molecule has 0 heterocycles. The zero-order chi connectivity index (χ0) is 45.9. The molecule has 0 atom stereocenters. The monoisotopic (exact) mass is 882 g/mol. The summed E-state index contributed by atoms with van der Waals surface area (Å²) in [5.41, 5.74) is 9.88. The van der Waals surface area contributed by atoms with Gasteiger partial charge in [0.25, 0.3) is 0 Å². The van der Waals surface area contributed by atoms with Gasteiger partial charge in [-0.05, 0) is 164 Å². The average molecular weight is 883 g/mol. The summed E-state index contributed by atoms with van der Waals surface area (Å²) in [6.07, 6.45) is 0. The molecule has 0 aliphatic heterocycles. The van der Waals surface area contributed by atoms with Gasteiger partial charge in [-0.25, -0.2) is 0 Å². The fourth-order valence-corrected chi connectivity index (χ4v) is 12.4. The smallest absolute Gasteiger partial charge is 0.00199 e. The van der Waals surface area contributed by atoms with Crippen LogP contribution >= 0.6 is 0 Å². The fraction of sp³-hybridized carbons (Fsp3) is 0. The Kier molecular flexibility index (Phi) is 8.46. The van der Waals surface area contributed by atoms with E-state index >= 15 is 0 Å². The van der Waals surface area contributed by atoms with Crippen LogP contribution in [0.5, 0.6) is 0 Å². The minimum Gasteiger partial charge on any atom is -0.0616 e. The van der Waals surface area contributed by atoms with Crippen molar-refractivity contribution in [2.45, 2.75) is 0 Å². The summed E-state index contributed by atoms with van der Waals surface area (Å²) in [7, 11) is 0. The number of rotatable bonds is 4. The lowest BCUT2D eigenvalue weighted by Gasteiger charge is -2.19. The third-order valence-electron chi connectivity index (χ3n) is 15.4. The van der Waals surface area contributed by atoms with E-state index in [2.05, 4.69) is 255 Å². The highest BCUT2D eigenvalue weighted by Crippen LogP contribution is 2.48. The lowest BCUT2D eigenvalue weighted by Crippen LogP contribution is -1.92. The molecule has 70 heavy (non-hydrogen) atoms. The number of hydrogen-bond acceptors (Lipinski definition) is 0. The van der Waals surface area contributed by atoms with E-state index in [1.807, 2.05) is 0 Å². The normalized spacial score (nSPS) is 12.0. The van der Waals surface area contributed by atoms with Gasteiger partial charge in [0, 0.05) is 0 Å². The maximum Gasteiger partial charge on any atom is -0.00199 e. The van der Waals surface area contributed by atoms with Crippen molar-refractivity contribution in [1.82, 2.24) is 0 Å². The van der Waals surface area contributed by atoms with Crippen molar-refractivity contribution in [3.05, 3.63) is 255 Å². The van der Waals surface area contributed by atoms with Crippen LogP contribution in [0, 0.1) is 0 Å². The second-order valence-corrected chi connectivity index (χ2v) is 19.0. The molecule has 0 aliphatic carbocycles. The summed E-state index contributed by atoms with van der Waals surface area (Å²) in [5, 5.41) is 25.7. The van der Waals surface area contributed by atoms with E-state index in [9.17, 15) is 0 Å². The van der Waals surface area contributed by atoms with Gasteiger partial charge in [0.05, 0.1) is 0 Å². The van der Waals surface area contributed by atoms with E-state index < -0.39 is 0 Å². The van der Waals surface area contributed by atoms with E-state index in [0.29, 0.717) is 0 Å². The van der Waals surface area contributed by atoms with Crippen LogP contribution in [0.1, 0.15) is 0 Å². The topological polar surface area (TPSA) is 0 Å². The summed E-state index contributed by atoms with van der Waals surface area (Å²) in [6.45, 7) is 0. The summed E-state index contributed by atoms with van der Waals surface area (Å²) in [6, 6.07) is 95.1. The lowest BCUT2D eigenvalue weighted by atomic mass is 9.84. The van der Waals surface area contributed by atoms with Crippen LogP contribution < -0.4 is 0 Å². The first-order valence-electron chi connectivity index (χ1n) is 24.4. The van der Waals surface area contributed by atoms with Gasteiger partial charge >= 0.3 is 0 Å². The molecule has 0 nitrogen and oxygen atoms in total. The SMILES string of the molecule is c1ccc2c(-c3ccc(-c4cc5c6ccccc6c6ccccc6c5c5ccccc45)cc3)c3ccccc3c(-c3ccc(-c4cc5c6ccccc6c6ccccc6c5c5ccccc45)cc3)c2c1. The fourth-order valence-electron chi connectivity index (χ4n) is 12.4. The molecule has 0 aromatic heterocycles. The van der Waals surface area contributed by atoms with Gasteiger partial charge in [-0.3, -0.25) is 0 Å². The van der Waals surface area contributed by atoms with Crippen molar-refractivity contribution in [3.8, 4) is 44.5 Å². The van der Waals surface area contributed by atoms with Gasteiger partial charge in [-0.2, -0.15) is 0 Å². The van der Waals surface area contributed by atoms with Gasteiger partial charge in [0.2, 0.25) is 0 Å². The van der Waals surface area contributed by atoms with Crippen LogP contribution in [0.15, 0.2) is 255 Å². The summed E-state index contributed by atoms with van der Waals surface area (Å²) >= 11 is 0. The molecule has 15 aromatic carbocycles. The van der Waals surface area contributed by atoms with Crippen molar-refractivity contribution in [3.63, 3.8) is 0 Å². The Morgan fingerprint density at radius 1 is 0.143 bits per heavy atom. The second kappa shape index (κ2) is 15.2. The van der Waals surface area contributed by atoms with Crippen molar-refractivity contribution >= 4 is 108 Å². The van der Waals surface area contributed by atoms with Crippen molar-refractivity contribution in [2.75, 3.05) is 0 Å². The Labute approximate surface area is 404 Å². The molecule has 0 aliphatic rings. The van der Waals surface area contributed by atoms with Gasteiger partial charge in [0.15, 0.2) is 0 Å². The second-order valence-electron chi connectivity index (χ2n) is 19.0. The Bertz CT molecular complexity index is 4310. The van der Waals surface area contributed by atoms with E-state index in [1.165, 1.54) is 152 Å². The molecule has 0 heteroatoms. The molecule has 0 N–H and O–H groups in total. The molecular formula is C70H42. The van der Waals surface area contributed by atoms with Crippen molar-refractivity contribution in [2.24, 2.45) is 0 Å². The average Bonchev–Trinajstić information content (AvgIpc) is 3.44. The number of hydrogen-bond donors (Lipinski definition) is 0. The molecular weight excluding hydrogens is 841 g/mol. The highest BCUT2D eigenvalue weighted by molar-refractivity contribution is 6.34. The zero-order valence-electron chi connectivity index (χ0n) is 38.2. The van der Waals surface area contributed by atoms with E-state index in [1.54, 1.807) is 0 Å². The third-order valence-corrected chi connectivity index (χ3v) is 15.4. The van der Waals surface area contributed by atoms with Crippen LogP contribution in [-0.2, 0) is 0 Å². The molecule has 0 radical (unpaired) electrons. The summed E-state index contributed by atoms with van der Waals surface area (Å²) in [5.74, 6) is 0. The third kappa shape index (κ3) is 5.65. The minimum absolute atomic E-state index is 1.21. The van der Waals surface area contributed by atoms with Crippen LogP contribution in [0.2, 0.25) is 0 Å². The van der Waals surface area contributed by atoms with E-state index in [4.69, 9.17) is 0 Å². The predicted octanol–water partition coefficient (Wildman–Crippen LogP) is 19.9. The molecule has 0 saturated carbocycles. The standard InChI is InChI=1S/C70H42/c1-3-21-51-47(17-1)49-19-5-9-25-55(49)69-57-27-11-7-23-53(57)63(41-65(51)69)43-33-37-45(38-34-43)67-59-29-13-15-31-61(59)68(62-32-16-14-30-60(62)67)46-39-35-44(36-40-46)64-42-66-52-22-4-2-18-48(52)50-20-6-10-26-56(50)70(66)58-28-12-8-24-54(58)64/h1-42H. The van der Waals surface area contributed by atoms with Crippen LogP contribution in [0.4, 0.5) is 0 Å². The minimum atomic E-state index is 1.21. The maximum atomic E-state index is 2.44.